The molecular weight excluding hydrogens is 450 g/mol. The van der Waals surface area contributed by atoms with E-state index in [9.17, 15) is 13.2 Å². The van der Waals surface area contributed by atoms with E-state index in [0.717, 1.165) is 18.8 Å². The second kappa shape index (κ2) is 9.68. The van der Waals surface area contributed by atoms with Crippen molar-refractivity contribution in [2.24, 2.45) is 5.92 Å². The lowest BCUT2D eigenvalue weighted by Crippen LogP contribution is -2.53. The van der Waals surface area contributed by atoms with E-state index in [-0.39, 0.29) is 29.0 Å². The summed E-state index contributed by atoms with van der Waals surface area (Å²) in [5.74, 6) is -0.0532. The van der Waals surface area contributed by atoms with Crippen molar-refractivity contribution in [1.82, 2.24) is 9.21 Å². The van der Waals surface area contributed by atoms with E-state index in [4.69, 9.17) is 16.3 Å². The number of hydrogen-bond donors (Lipinski definition) is 0. The molecule has 4 rings (SSSR count). The highest BCUT2D eigenvalue weighted by Crippen LogP contribution is 2.32. The number of methoxy groups -OCH3 is 1. The molecule has 1 amide bonds. The van der Waals surface area contributed by atoms with Crippen LogP contribution < -0.4 is 9.64 Å². The maximum atomic E-state index is 13.3. The first-order valence-electron chi connectivity index (χ1n) is 10.8. The summed E-state index contributed by atoms with van der Waals surface area (Å²) in [5.41, 5.74) is 1.16. The molecule has 172 valence electrons. The number of anilines is 1. The Morgan fingerprint density at radius 3 is 2.44 bits per heavy atom. The molecule has 2 fully saturated rings. The molecule has 2 aromatic carbocycles. The van der Waals surface area contributed by atoms with Gasteiger partial charge in [-0.15, -0.1) is 0 Å². The molecule has 0 saturated carbocycles. The Morgan fingerprint density at radius 2 is 1.75 bits per heavy atom. The fourth-order valence-corrected chi connectivity index (χ4v) is 6.38. The minimum atomic E-state index is -3.82. The number of carbonyl (C=O) groups excluding carboxylic acids is 1. The van der Waals surface area contributed by atoms with Gasteiger partial charge in [0.1, 0.15) is 10.6 Å². The summed E-state index contributed by atoms with van der Waals surface area (Å²) in [4.78, 5) is 17.4. The summed E-state index contributed by atoms with van der Waals surface area (Å²) in [5, 5.41) is 0.324. The van der Waals surface area contributed by atoms with Gasteiger partial charge >= 0.3 is 0 Å². The summed E-state index contributed by atoms with van der Waals surface area (Å²) in [6, 6.07) is 14.7. The number of piperidine rings is 1. The molecule has 0 radical (unpaired) electrons. The fourth-order valence-electron chi connectivity index (χ4n) is 4.44. The Balaban J connectivity index is 1.43. The quantitative estimate of drug-likeness (QED) is 0.661. The predicted molar refractivity (Wildman–Crippen MR) is 125 cm³/mol. The fraction of sp³-hybridized carbons (Fsp3) is 0.435. The minimum absolute atomic E-state index is 0.0377. The van der Waals surface area contributed by atoms with E-state index in [2.05, 4.69) is 17.0 Å². The van der Waals surface area contributed by atoms with E-state index in [1.165, 1.54) is 17.5 Å². The standard InChI is InChI=1S/C23H28ClN3O4S/c1-31-21-10-9-19(24)16-22(21)32(29,30)27-11-5-6-18(17-27)23(28)26-14-12-25(13-15-26)20-7-3-2-4-8-20/h2-4,7-10,16,18H,5-6,11-15,17H2,1H3/t18-/m1/s1. The Bertz CT molecular complexity index is 1060. The molecule has 2 aliphatic heterocycles. The van der Waals surface area contributed by atoms with E-state index < -0.39 is 10.0 Å². The number of carbonyl (C=O) groups is 1. The SMILES string of the molecule is COc1ccc(Cl)cc1S(=O)(=O)N1CCC[C@@H](C(=O)N2CCN(c3ccccc3)CC2)C1. The number of nitrogens with zero attached hydrogens (tertiary/aromatic N) is 3. The lowest BCUT2D eigenvalue weighted by molar-refractivity contribution is -0.137. The monoisotopic (exact) mass is 477 g/mol. The van der Waals surface area contributed by atoms with Crippen molar-refractivity contribution in [2.75, 3.05) is 51.3 Å². The van der Waals surface area contributed by atoms with Crippen molar-refractivity contribution in [3.63, 3.8) is 0 Å². The van der Waals surface area contributed by atoms with Gasteiger partial charge in [-0.05, 0) is 43.2 Å². The van der Waals surface area contributed by atoms with Crippen LogP contribution in [0.1, 0.15) is 12.8 Å². The number of amides is 1. The van der Waals surface area contributed by atoms with Gasteiger partial charge in [0.25, 0.3) is 0 Å². The third-order valence-corrected chi connectivity index (χ3v) is 8.31. The van der Waals surface area contributed by atoms with Gasteiger partial charge in [-0.3, -0.25) is 4.79 Å². The summed E-state index contributed by atoms with van der Waals surface area (Å²) in [6.45, 7) is 3.37. The molecular formula is C23H28ClN3O4S. The molecule has 0 bridgehead atoms. The van der Waals surface area contributed by atoms with Gasteiger partial charge in [0.2, 0.25) is 15.9 Å². The van der Waals surface area contributed by atoms with Crippen molar-refractivity contribution in [3.05, 3.63) is 53.6 Å². The first kappa shape index (κ1) is 22.9. The molecule has 0 spiro atoms. The Labute approximate surface area is 194 Å². The van der Waals surface area contributed by atoms with Crippen LogP contribution in [0.2, 0.25) is 5.02 Å². The number of hydrogen-bond acceptors (Lipinski definition) is 5. The maximum Gasteiger partial charge on any atom is 0.246 e. The van der Waals surface area contributed by atoms with Gasteiger partial charge in [0, 0.05) is 50.0 Å². The highest BCUT2D eigenvalue weighted by atomic mass is 35.5. The van der Waals surface area contributed by atoms with Gasteiger partial charge in [0.05, 0.1) is 13.0 Å². The second-order valence-electron chi connectivity index (χ2n) is 8.15. The molecule has 32 heavy (non-hydrogen) atoms. The summed E-state index contributed by atoms with van der Waals surface area (Å²) in [7, 11) is -2.39. The van der Waals surface area contributed by atoms with E-state index in [1.807, 2.05) is 23.1 Å². The number of para-hydroxylation sites is 1. The van der Waals surface area contributed by atoms with Crippen LogP contribution in [0.5, 0.6) is 5.75 Å². The highest BCUT2D eigenvalue weighted by Gasteiger charge is 2.37. The van der Waals surface area contributed by atoms with Crippen molar-refractivity contribution < 1.29 is 17.9 Å². The smallest absolute Gasteiger partial charge is 0.246 e. The Kier molecular flexibility index (Phi) is 6.93. The van der Waals surface area contributed by atoms with Crippen LogP contribution >= 0.6 is 11.6 Å². The molecule has 9 heteroatoms. The van der Waals surface area contributed by atoms with Crippen LogP contribution in [0.25, 0.3) is 0 Å². The Hall–Kier alpha value is -2.29. The van der Waals surface area contributed by atoms with Crippen LogP contribution in [0.4, 0.5) is 5.69 Å². The molecule has 7 nitrogen and oxygen atoms in total. The average Bonchev–Trinajstić information content (AvgIpc) is 2.84. The molecule has 2 aromatic rings. The van der Waals surface area contributed by atoms with Gasteiger partial charge < -0.3 is 14.5 Å². The molecule has 0 unspecified atom stereocenters. The lowest BCUT2D eigenvalue weighted by atomic mass is 9.97. The second-order valence-corrected chi connectivity index (χ2v) is 10.5. The predicted octanol–water partition coefficient (Wildman–Crippen LogP) is 3.10. The first-order chi connectivity index (χ1) is 15.4. The zero-order valence-corrected chi connectivity index (χ0v) is 19.7. The summed E-state index contributed by atoms with van der Waals surface area (Å²) >= 11 is 6.05. The molecule has 2 heterocycles. The molecule has 2 aliphatic rings. The van der Waals surface area contributed by atoms with Crippen molar-refractivity contribution in [3.8, 4) is 5.75 Å². The van der Waals surface area contributed by atoms with Crippen molar-refractivity contribution >= 4 is 33.2 Å². The zero-order chi connectivity index (χ0) is 22.7. The number of ether oxygens (including phenoxy) is 1. The van der Waals surface area contributed by atoms with Crippen molar-refractivity contribution in [1.29, 1.82) is 0 Å². The van der Waals surface area contributed by atoms with Crippen LogP contribution in [0.15, 0.2) is 53.4 Å². The van der Waals surface area contributed by atoms with Gasteiger partial charge in [0.15, 0.2) is 0 Å². The largest absolute Gasteiger partial charge is 0.495 e. The third kappa shape index (κ3) is 4.72. The number of benzene rings is 2. The molecule has 2 saturated heterocycles. The third-order valence-electron chi connectivity index (χ3n) is 6.19. The van der Waals surface area contributed by atoms with Gasteiger partial charge in [-0.25, -0.2) is 8.42 Å². The number of sulfonamides is 1. The van der Waals surface area contributed by atoms with Gasteiger partial charge in [-0.2, -0.15) is 4.31 Å². The van der Waals surface area contributed by atoms with Crippen LogP contribution in [-0.2, 0) is 14.8 Å². The molecule has 1 atom stereocenters. The van der Waals surface area contributed by atoms with Crippen LogP contribution in [0.3, 0.4) is 0 Å². The summed E-state index contributed by atoms with van der Waals surface area (Å²) in [6.07, 6.45) is 1.33. The van der Waals surface area contributed by atoms with E-state index in [0.29, 0.717) is 37.5 Å². The van der Waals surface area contributed by atoms with E-state index in [1.54, 1.807) is 12.1 Å². The first-order valence-corrected chi connectivity index (χ1v) is 12.6. The normalized spacial score (nSPS) is 20.2. The lowest BCUT2D eigenvalue weighted by Gasteiger charge is -2.39. The maximum absolute atomic E-state index is 13.3. The molecule has 0 aliphatic carbocycles. The minimum Gasteiger partial charge on any atom is -0.495 e. The molecule has 0 aromatic heterocycles. The van der Waals surface area contributed by atoms with Gasteiger partial charge in [-0.1, -0.05) is 29.8 Å². The topological polar surface area (TPSA) is 70.2 Å². The zero-order valence-electron chi connectivity index (χ0n) is 18.1. The highest BCUT2D eigenvalue weighted by molar-refractivity contribution is 7.89. The average molecular weight is 478 g/mol. The summed E-state index contributed by atoms with van der Waals surface area (Å²) < 4.78 is 33.3. The van der Waals surface area contributed by atoms with Crippen LogP contribution in [-0.4, -0.2) is 69.9 Å². The van der Waals surface area contributed by atoms with E-state index >= 15 is 0 Å². The van der Waals surface area contributed by atoms with Crippen molar-refractivity contribution in [2.45, 2.75) is 17.7 Å². The number of rotatable bonds is 5. The Morgan fingerprint density at radius 1 is 1.03 bits per heavy atom. The van der Waals surface area contributed by atoms with Crippen LogP contribution in [0, 0.1) is 5.92 Å². The number of piperazine rings is 1. The molecule has 0 N–H and O–H groups in total. The number of halogens is 1.